The number of pyridine rings is 1. The van der Waals surface area contributed by atoms with Crippen LogP contribution >= 0.6 is 0 Å². The molecule has 0 saturated carbocycles. The van der Waals surface area contributed by atoms with E-state index in [4.69, 9.17) is 9.40 Å². The minimum Gasteiger partial charge on any atom is -0.435 e. The van der Waals surface area contributed by atoms with Gasteiger partial charge in [0.2, 0.25) is 11.7 Å². The van der Waals surface area contributed by atoms with Gasteiger partial charge in [0.25, 0.3) is 0 Å². The van der Waals surface area contributed by atoms with Crippen molar-refractivity contribution in [3.63, 3.8) is 0 Å². The zero-order chi connectivity index (χ0) is 37.3. The zero-order valence-electron chi connectivity index (χ0n) is 30.3. The van der Waals surface area contributed by atoms with Gasteiger partial charge in [0.1, 0.15) is 17.1 Å². The van der Waals surface area contributed by atoms with Crippen molar-refractivity contribution in [1.82, 2.24) is 30.2 Å². The number of nitriles is 1. The molecule has 4 heterocycles. The molecule has 6 aromatic rings. The Bertz CT molecular complexity index is 2360. The van der Waals surface area contributed by atoms with Crippen LogP contribution < -0.4 is 10.6 Å². The van der Waals surface area contributed by atoms with E-state index >= 15 is 0 Å². The predicted octanol–water partition coefficient (Wildman–Crippen LogP) is 9.54. The van der Waals surface area contributed by atoms with Gasteiger partial charge in [0.15, 0.2) is 11.4 Å². The molecule has 9 nitrogen and oxygen atoms in total. The first-order valence-electron chi connectivity index (χ1n) is 18.0. The Morgan fingerprint density at radius 2 is 1.64 bits per heavy atom. The van der Waals surface area contributed by atoms with E-state index in [1.165, 1.54) is 12.8 Å². The van der Waals surface area contributed by atoms with E-state index < -0.39 is 12.0 Å². The summed E-state index contributed by atoms with van der Waals surface area (Å²) in [4.78, 5) is 19.7. The lowest BCUT2D eigenvalue weighted by Crippen LogP contribution is -2.18. The Morgan fingerprint density at radius 1 is 0.906 bits per heavy atom. The molecule has 1 fully saturated rings. The second-order valence-electron chi connectivity index (χ2n) is 13.7. The number of halogens is 3. The third-order valence-corrected chi connectivity index (χ3v) is 10.1. The van der Waals surface area contributed by atoms with Gasteiger partial charge in [0, 0.05) is 30.5 Å². The molecular formula is C41H41F3N8O. The van der Waals surface area contributed by atoms with E-state index in [1.54, 1.807) is 13.1 Å². The highest BCUT2D eigenvalue weighted by Crippen LogP contribution is 2.39. The van der Waals surface area contributed by atoms with Crippen LogP contribution in [0.25, 0.3) is 44.7 Å². The summed E-state index contributed by atoms with van der Waals surface area (Å²) in [6.07, 6.45) is 1.32. The number of hydrogen-bond acceptors (Lipinski definition) is 9. The second kappa shape index (κ2) is 14.9. The van der Waals surface area contributed by atoms with Crippen LogP contribution in [-0.4, -0.2) is 44.5 Å². The SMILES string of the molecule is CCCCNCc1cnc2c(Nc3cccc(-c4cccc(-c5nc6cc(CN7CCCC7)cc(C#N)c6o5)c4C)c3C)nc(C(F)(F)F)nc2c1C. The van der Waals surface area contributed by atoms with Gasteiger partial charge >= 0.3 is 6.18 Å². The van der Waals surface area contributed by atoms with Crippen LogP contribution in [0, 0.1) is 32.1 Å². The monoisotopic (exact) mass is 718 g/mol. The van der Waals surface area contributed by atoms with Gasteiger partial charge in [-0.3, -0.25) is 9.88 Å². The number of oxazole rings is 1. The van der Waals surface area contributed by atoms with Gasteiger partial charge in [-0.15, -0.1) is 0 Å². The molecule has 1 saturated heterocycles. The highest BCUT2D eigenvalue weighted by molar-refractivity contribution is 5.91. The molecule has 0 bridgehead atoms. The number of fused-ring (bicyclic) bond motifs is 2. The lowest BCUT2D eigenvalue weighted by atomic mass is 9.93. The molecule has 0 radical (unpaired) electrons. The van der Waals surface area contributed by atoms with E-state index in [0.717, 1.165) is 78.0 Å². The summed E-state index contributed by atoms with van der Waals surface area (Å²) in [5.74, 6) is -0.841. The second-order valence-corrected chi connectivity index (χ2v) is 13.7. The Balaban J connectivity index is 1.24. The van der Waals surface area contributed by atoms with Gasteiger partial charge < -0.3 is 15.1 Å². The molecule has 7 rings (SSSR count). The summed E-state index contributed by atoms with van der Waals surface area (Å²) in [5, 5.41) is 16.5. The molecule has 1 aliphatic rings. The molecule has 53 heavy (non-hydrogen) atoms. The first-order chi connectivity index (χ1) is 25.5. The fourth-order valence-corrected chi connectivity index (χ4v) is 7.08. The van der Waals surface area contributed by atoms with Gasteiger partial charge in [-0.1, -0.05) is 37.6 Å². The predicted molar refractivity (Wildman–Crippen MR) is 201 cm³/mol. The smallest absolute Gasteiger partial charge is 0.435 e. The Labute approximate surface area is 306 Å². The average molecular weight is 719 g/mol. The maximum atomic E-state index is 14.1. The molecule has 0 atom stereocenters. The van der Waals surface area contributed by atoms with Crippen LogP contribution in [0.3, 0.4) is 0 Å². The van der Waals surface area contributed by atoms with E-state index in [0.29, 0.717) is 40.3 Å². The van der Waals surface area contributed by atoms with Crippen LogP contribution in [0.5, 0.6) is 0 Å². The van der Waals surface area contributed by atoms with Crippen molar-refractivity contribution in [3.05, 3.63) is 93.9 Å². The normalized spacial score (nSPS) is 13.6. The summed E-state index contributed by atoms with van der Waals surface area (Å²) in [6.45, 7) is 11.9. The Morgan fingerprint density at radius 3 is 2.38 bits per heavy atom. The highest BCUT2D eigenvalue weighted by Gasteiger charge is 2.36. The number of nitrogens with zero attached hydrogens (tertiary/aromatic N) is 6. The first kappa shape index (κ1) is 36.0. The van der Waals surface area contributed by atoms with E-state index in [-0.39, 0.29) is 16.9 Å². The van der Waals surface area contributed by atoms with Crippen molar-refractivity contribution in [2.75, 3.05) is 25.0 Å². The minimum absolute atomic E-state index is 0.0227. The van der Waals surface area contributed by atoms with Crippen molar-refractivity contribution in [2.24, 2.45) is 0 Å². The molecule has 1 aliphatic heterocycles. The number of likely N-dealkylation sites (tertiary alicyclic amines) is 1. The van der Waals surface area contributed by atoms with Crippen LogP contribution in [0.15, 0.2) is 59.1 Å². The fraction of sp³-hybridized carbons (Fsp3) is 0.341. The molecule has 0 amide bonds. The summed E-state index contributed by atoms with van der Waals surface area (Å²) >= 11 is 0. The standard InChI is InChI=1S/C41H41F3N8O/c1-5-6-15-46-21-29-22-47-36-35(24(29)2)50-40(41(42,43)44)51-38(36)48-33-14-10-12-31(26(33)4)30-11-9-13-32(25(30)3)39-49-34-19-27(23-52-16-7-8-17-52)18-28(20-45)37(34)53-39/h9-14,18-19,22,46H,5-8,15-17,21,23H2,1-4H3,(H,48,50,51). The van der Waals surface area contributed by atoms with Crippen LogP contribution in [-0.2, 0) is 19.3 Å². The zero-order valence-corrected chi connectivity index (χ0v) is 30.3. The minimum atomic E-state index is -4.75. The van der Waals surface area contributed by atoms with E-state index in [1.807, 2.05) is 62.4 Å². The summed E-state index contributed by atoms with van der Waals surface area (Å²) < 4.78 is 48.7. The largest absolute Gasteiger partial charge is 0.451 e. The van der Waals surface area contributed by atoms with E-state index in [2.05, 4.69) is 43.5 Å². The van der Waals surface area contributed by atoms with Gasteiger partial charge in [-0.25, -0.2) is 15.0 Å². The topological polar surface area (TPSA) is 116 Å². The summed E-state index contributed by atoms with van der Waals surface area (Å²) in [6, 6.07) is 17.7. The number of nitrogens with one attached hydrogen (secondary N) is 2. The molecular weight excluding hydrogens is 678 g/mol. The molecule has 0 aliphatic carbocycles. The van der Waals surface area contributed by atoms with E-state index in [9.17, 15) is 18.4 Å². The maximum absolute atomic E-state index is 14.1. The Hall–Kier alpha value is -5.38. The number of alkyl halides is 3. The molecule has 272 valence electrons. The maximum Gasteiger partial charge on any atom is 0.451 e. The molecule has 0 spiro atoms. The molecule has 2 N–H and O–H groups in total. The van der Waals surface area contributed by atoms with Crippen LogP contribution in [0.4, 0.5) is 24.7 Å². The number of aromatic nitrogens is 4. The van der Waals surface area contributed by atoms with Crippen molar-refractivity contribution < 1.29 is 17.6 Å². The highest BCUT2D eigenvalue weighted by atomic mass is 19.4. The number of unbranched alkanes of at least 4 members (excludes halogenated alkanes) is 1. The van der Waals surface area contributed by atoms with Gasteiger partial charge in [0.05, 0.1) is 11.1 Å². The van der Waals surface area contributed by atoms with Gasteiger partial charge in [-0.2, -0.15) is 18.4 Å². The van der Waals surface area contributed by atoms with Gasteiger partial charge in [-0.05, 0) is 123 Å². The average Bonchev–Trinajstić information content (AvgIpc) is 3.82. The summed E-state index contributed by atoms with van der Waals surface area (Å²) in [7, 11) is 0. The third-order valence-electron chi connectivity index (χ3n) is 10.1. The molecule has 12 heteroatoms. The van der Waals surface area contributed by atoms with Crippen molar-refractivity contribution in [2.45, 2.75) is 72.6 Å². The number of hydrogen-bond donors (Lipinski definition) is 2. The molecule has 3 aromatic heterocycles. The number of benzene rings is 3. The van der Waals surface area contributed by atoms with Crippen molar-refractivity contribution >= 4 is 33.6 Å². The molecule has 3 aromatic carbocycles. The molecule has 0 unspecified atom stereocenters. The Kier molecular flexibility index (Phi) is 10.1. The van der Waals surface area contributed by atoms with Crippen LogP contribution in [0.2, 0.25) is 0 Å². The lowest BCUT2D eigenvalue weighted by molar-refractivity contribution is -0.144. The lowest BCUT2D eigenvalue weighted by Gasteiger charge is -2.18. The number of rotatable bonds is 11. The number of anilines is 2. The quantitative estimate of drug-likeness (QED) is 0.126. The number of aryl methyl sites for hydroxylation is 1. The first-order valence-corrected chi connectivity index (χ1v) is 18.0. The van der Waals surface area contributed by atoms with Crippen molar-refractivity contribution in [1.29, 1.82) is 5.26 Å². The van der Waals surface area contributed by atoms with Crippen LogP contribution in [0.1, 0.15) is 71.8 Å². The van der Waals surface area contributed by atoms with Crippen molar-refractivity contribution in [3.8, 4) is 28.7 Å². The summed E-state index contributed by atoms with van der Waals surface area (Å²) in [5.41, 5.74) is 9.23. The third kappa shape index (κ3) is 7.32. The fourth-order valence-electron chi connectivity index (χ4n) is 7.08.